The standard InChI is InChI=1S/C33H24ClN5O4/c1-42-31-10-6-21(17-36-31)18-39-19-25(27-8-7-26(34)14-29(27)39)13-24(15-35)22-3-2-4-23(12-22)32(40)37-16-20-5-9-30-28(11-20)38-33(41)43-30/h2-14,17,19H,16,18H2,1H3,(H,37,40)(H,38,41). The second-order valence-electron chi connectivity index (χ2n) is 9.86. The Hall–Kier alpha value is -5.59. The van der Waals surface area contributed by atoms with Crippen molar-refractivity contribution >= 4 is 51.2 Å². The Balaban J connectivity index is 1.26. The summed E-state index contributed by atoms with van der Waals surface area (Å²) in [6.45, 7) is 0.793. The molecule has 0 saturated heterocycles. The van der Waals surface area contributed by atoms with Gasteiger partial charge in [0.2, 0.25) is 5.88 Å². The molecule has 0 bridgehead atoms. The van der Waals surface area contributed by atoms with Gasteiger partial charge in [-0.3, -0.25) is 9.78 Å². The fraction of sp³-hybridized carbons (Fsp3) is 0.0909. The predicted molar refractivity (Wildman–Crippen MR) is 165 cm³/mol. The number of carbonyl (C=O) groups excluding carboxylic acids is 1. The molecule has 0 fully saturated rings. The fourth-order valence-corrected chi connectivity index (χ4v) is 5.08. The number of benzene rings is 3. The van der Waals surface area contributed by atoms with Crippen LogP contribution in [0.2, 0.25) is 5.02 Å². The maximum Gasteiger partial charge on any atom is 0.417 e. The van der Waals surface area contributed by atoms with Crippen molar-refractivity contribution in [3.8, 4) is 11.9 Å². The molecular formula is C33H24ClN5O4. The summed E-state index contributed by atoms with van der Waals surface area (Å²) < 4.78 is 12.3. The number of nitrogens with zero attached hydrogens (tertiary/aromatic N) is 3. The number of methoxy groups -OCH3 is 1. The van der Waals surface area contributed by atoms with Gasteiger partial charge in [0.1, 0.15) is 0 Å². The van der Waals surface area contributed by atoms with Crippen LogP contribution in [0.4, 0.5) is 0 Å². The van der Waals surface area contributed by atoms with E-state index in [9.17, 15) is 14.9 Å². The van der Waals surface area contributed by atoms with Crippen molar-refractivity contribution in [3.05, 3.63) is 129 Å². The van der Waals surface area contributed by atoms with E-state index in [1.54, 1.807) is 55.8 Å². The number of oxazole rings is 1. The molecule has 1 amide bonds. The SMILES string of the molecule is COc1ccc(Cn2cc(C=C(C#N)c3cccc(C(=O)NCc4ccc5oc(=O)[nH]c5c4)c3)c3ccc(Cl)cc32)cn1. The first-order chi connectivity index (χ1) is 20.9. The highest BCUT2D eigenvalue weighted by atomic mass is 35.5. The van der Waals surface area contributed by atoms with E-state index in [2.05, 4.69) is 25.9 Å². The molecule has 0 aliphatic rings. The lowest BCUT2D eigenvalue weighted by atomic mass is 10.0. The Kier molecular flexibility index (Phi) is 7.52. The van der Waals surface area contributed by atoms with Gasteiger partial charge in [0, 0.05) is 53.1 Å². The lowest BCUT2D eigenvalue weighted by Gasteiger charge is -2.07. The second-order valence-corrected chi connectivity index (χ2v) is 10.3. The third-order valence-corrected chi connectivity index (χ3v) is 7.26. The van der Waals surface area contributed by atoms with Crippen molar-refractivity contribution in [3.63, 3.8) is 0 Å². The lowest BCUT2D eigenvalue weighted by Crippen LogP contribution is -2.22. The first-order valence-corrected chi connectivity index (χ1v) is 13.7. The molecule has 3 heterocycles. The molecule has 10 heteroatoms. The summed E-state index contributed by atoms with van der Waals surface area (Å²) in [5, 5.41) is 14.5. The Morgan fingerprint density at radius 1 is 1.12 bits per heavy atom. The molecule has 3 aromatic heterocycles. The molecule has 0 unspecified atom stereocenters. The monoisotopic (exact) mass is 589 g/mol. The van der Waals surface area contributed by atoms with E-state index in [4.69, 9.17) is 20.8 Å². The van der Waals surface area contributed by atoms with Crippen LogP contribution in [0.3, 0.4) is 0 Å². The van der Waals surface area contributed by atoms with Gasteiger partial charge in [0.15, 0.2) is 5.58 Å². The molecule has 6 aromatic rings. The number of aromatic nitrogens is 3. The molecule has 6 rings (SSSR count). The summed E-state index contributed by atoms with van der Waals surface area (Å²) in [6.07, 6.45) is 5.55. The average molecular weight is 590 g/mol. The quantitative estimate of drug-likeness (QED) is 0.204. The first kappa shape index (κ1) is 27.6. The molecule has 0 spiro atoms. The van der Waals surface area contributed by atoms with Crippen LogP contribution in [-0.4, -0.2) is 27.6 Å². The van der Waals surface area contributed by atoms with Gasteiger partial charge in [0.25, 0.3) is 5.91 Å². The van der Waals surface area contributed by atoms with Crippen LogP contribution >= 0.6 is 11.6 Å². The van der Waals surface area contributed by atoms with Crippen LogP contribution in [0.5, 0.6) is 5.88 Å². The highest BCUT2D eigenvalue weighted by Gasteiger charge is 2.13. The molecule has 0 aliphatic carbocycles. The third-order valence-electron chi connectivity index (χ3n) is 7.03. The number of aromatic amines is 1. The van der Waals surface area contributed by atoms with E-state index in [0.717, 1.165) is 27.6 Å². The number of nitrogens with one attached hydrogen (secondary N) is 2. The molecular weight excluding hydrogens is 566 g/mol. The summed E-state index contributed by atoms with van der Waals surface area (Å²) in [6, 6.07) is 23.8. The van der Waals surface area contributed by atoms with E-state index in [0.29, 0.717) is 45.2 Å². The number of amides is 1. The summed E-state index contributed by atoms with van der Waals surface area (Å²) in [4.78, 5) is 31.3. The number of H-pyrrole nitrogens is 1. The highest BCUT2D eigenvalue weighted by molar-refractivity contribution is 6.31. The van der Waals surface area contributed by atoms with Crippen molar-refractivity contribution in [2.75, 3.05) is 7.11 Å². The van der Waals surface area contributed by atoms with Crippen molar-refractivity contribution < 1.29 is 13.9 Å². The van der Waals surface area contributed by atoms with Crippen LogP contribution in [0.25, 0.3) is 33.7 Å². The van der Waals surface area contributed by atoms with E-state index in [1.807, 2.05) is 42.6 Å². The smallest absolute Gasteiger partial charge is 0.417 e. The van der Waals surface area contributed by atoms with E-state index in [1.165, 1.54) is 0 Å². The molecule has 0 atom stereocenters. The van der Waals surface area contributed by atoms with Gasteiger partial charge < -0.3 is 19.0 Å². The Morgan fingerprint density at radius 3 is 2.74 bits per heavy atom. The van der Waals surface area contributed by atoms with Gasteiger partial charge in [-0.2, -0.15) is 5.26 Å². The summed E-state index contributed by atoms with van der Waals surface area (Å²) in [5.41, 5.74) is 5.98. The minimum Gasteiger partial charge on any atom is -0.481 e. The predicted octanol–water partition coefficient (Wildman–Crippen LogP) is 6.18. The number of allylic oxidation sites excluding steroid dienone is 1. The van der Waals surface area contributed by atoms with Crippen molar-refractivity contribution in [2.24, 2.45) is 0 Å². The largest absolute Gasteiger partial charge is 0.481 e. The van der Waals surface area contributed by atoms with Crippen LogP contribution < -0.4 is 15.8 Å². The second kappa shape index (κ2) is 11.7. The zero-order valence-corrected chi connectivity index (χ0v) is 23.7. The lowest BCUT2D eigenvalue weighted by molar-refractivity contribution is 0.0951. The maximum absolute atomic E-state index is 13.0. The molecule has 0 aliphatic heterocycles. The van der Waals surface area contributed by atoms with Crippen molar-refractivity contribution in [2.45, 2.75) is 13.1 Å². The number of carbonyl (C=O) groups is 1. The maximum atomic E-state index is 13.0. The molecule has 2 N–H and O–H groups in total. The zero-order valence-electron chi connectivity index (χ0n) is 22.9. The molecule has 9 nitrogen and oxygen atoms in total. The van der Waals surface area contributed by atoms with E-state index >= 15 is 0 Å². The number of nitriles is 1. The van der Waals surface area contributed by atoms with E-state index in [-0.39, 0.29) is 12.5 Å². The van der Waals surface area contributed by atoms with Gasteiger partial charge in [0.05, 0.1) is 29.8 Å². The Morgan fingerprint density at radius 2 is 1.95 bits per heavy atom. The zero-order chi connectivity index (χ0) is 29.9. The minimum atomic E-state index is -0.530. The number of halogens is 1. The molecule has 0 radical (unpaired) electrons. The number of ether oxygens (including phenoxy) is 1. The van der Waals surface area contributed by atoms with Gasteiger partial charge in [-0.25, -0.2) is 9.78 Å². The Bertz CT molecular complexity index is 2120. The Labute approximate surface area is 250 Å². The van der Waals surface area contributed by atoms with Gasteiger partial charge in [-0.1, -0.05) is 41.9 Å². The molecule has 43 heavy (non-hydrogen) atoms. The number of hydrogen-bond acceptors (Lipinski definition) is 6. The molecule has 212 valence electrons. The molecule has 3 aromatic carbocycles. The van der Waals surface area contributed by atoms with Crippen LogP contribution in [0.1, 0.15) is 32.6 Å². The van der Waals surface area contributed by atoms with Gasteiger partial charge in [-0.05, 0) is 59.2 Å². The van der Waals surface area contributed by atoms with Crippen molar-refractivity contribution in [1.82, 2.24) is 19.9 Å². The summed E-state index contributed by atoms with van der Waals surface area (Å²) >= 11 is 6.34. The first-order valence-electron chi connectivity index (χ1n) is 13.3. The van der Waals surface area contributed by atoms with Gasteiger partial charge in [-0.15, -0.1) is 0 Å². The number of fused-ring (bicyclic) bond motifs is 2. The summed E-state index contributed by atoms with van der Waals surface area (Å²) in [7, 11) is 1.57. The van der Waals surface area contributed by atoms with Crippen LogP contribution in [0, 0.1) is 11.3 Å². The normalized spacial score (nSPS) is 11.5. The van der Waals surface area contributed by atoms with Crippen LogP contribution in [0.15, 0.2) is 94.4 Å². The van der Waals surface area contributed by atoms with E-state index < -0.39 is 5.76 Å². The minimum absolute atomic E-state index is 0.249. The highest BCUT2D eigenvalue weighted by Crippen LogP contribution is 2.29. The van der Waals surface area contributed by atoms with Crippen LogP contribution in [-0.2, 0) is 13.1 Å². The summed E-state index contributed by atoms with van der Waals surface area (Å²) in [5.74, 6) is -0.285. The molecule has 0 saturated carbocycles. The van der Waals surface area contributed by atoms with Crippen molar-refractivity contribution in [1.29, 1.82) is 5.26 Å². The number of rotatable bonds is 8. The topological polar surface area (TPSA) is 126 Å². The van der Waals surface area contributed by atoms with Gasteiger partial charge >= 0.3 is 5.76 Å². The number of pyridine rings is 1. The third kappa shape index (κ3) is 5.91. The fourth-order valence-electron chi connectivity index (χ4n) is 4.92. The average Bonchev–Trinajstić information content (AvgIpc) is 3.56. The number of hydrogen-bond donors (Lipinski definition) is 2.